The minimum absolute atomic E-state index is 0.238. The lowest BCUT2D eigenvalue weighted by Crippen LogP contribution is -2.47. The second kappa shape index (κ2) is 3.06. The van der Waals surface area contributed by atoms with Gasteiger partial charge in [0.2, 0.25) is 0 Å². The third-order valence-electron chi connectivity index (χ3n) is 4.92. The van der Waals surface area contributed by atoms with Crippen molar-refractivity contribution < 1.29 is 19.4 Å². The van der Waals surface area contributed by atoms with Crippen LogP contribution in [0, 0.1) is 11.3 Å². The van der Waals surface area contributed by atoms with Crippen molar-refractivity contribution in [3.05, 3.63) is 29.8 Å². The van der Waals surface area contributed by atoms with Gasteiger partial charge in [0.05, 0.1) is 13.2 Å². The SMILES string of the molecule is O=C(O)C1([C@@]23COC[C@@H]2C3)COc2ccccc21. The molecule has 3 aliphatic rings. The fraction of sp³-hybridized carbons (Fsp3) is 0.500. The standard InChI is InChI=1S/C14H14O4/c15-12(16)14(13-5-9(13)6-17-7-13)8-18-11-4-2-1-3-10(11)14/h1-4,9H,5-8H2,(H,15,16)/t9-,13-,14?/m0/s1. The molecule has 2 aliphatic heterocycles. The van der Waals surface area contributed by atoms with Crippen molar-refractivity contribution in [1.82, 2.24) is 0 Å². The number of aliphatic carboxylic acids is 1. The summed E-state index contributed by atoms with van der Waals surface area (Å²) in [6.07, 6.45) is 0.941. The first-order chi connectivity index (χ1) is 8.71. The van der Waals surface area contributed by atoms with E-state index in [1.165, 1.54) is 0 Å². The molecule has 4 heteroatoms. The Morgan fingerprint density at radius 2 is 2.17 bits per heavy atom. The second-order valence-electron chi connectivity index (χ2n) is 5.57. The monoisotopic (exact) mass is 246 g/mol. The summed E-state index contributed by atoms with van der Waals surface area (Å²) in [6.45, 7) is 1.47. The predicted octanol–water partition coefficient (Wildman–Crippen LogP) is 1.44. The van der Waals surface area contributed by atoms with E-state index < -0.39 is 11.4 Å². The van der Waals surface area contributed by atoms with Gasteiger partial charge in [-0.25, -0.2) is 0 Å². The van der Waals surface area contributed by atoms with Crippen molar-refractivity contribution in [2.45, 2.75) is 11.8 Å². The van der Waals surface area contributed by atoms with Crippen LogP contribution in [0.25, 0.3) is 0 Å². The molecule has 0 bridgehead atoms. The number of hydrogen-bond donors (Lipinski definition) is 1. The highest BCUT2D eigenvalue weighted by Gasteiger charge is 2.75. The van der Waals surface area contributed by atoms with Crippen LogP contribution in [0.3, 0.4) is 0 Å². The van der Waals surface area contributed by atoms with Crippen LogP contribution < -0.4 is 4.74 Å². The van der Waals surface area contributed by atoms with Gasteiger partial charge in [0.25, 0.3) is 0 Å². The summed E-state index contributed by atoms with van der Waals surface area (Å²) < 4.78 is 11.1. The largest absolute Gasteiger partial charge is 0.492 e. The van der Waals surface area contributed by atoms with Crippen molar-refractivity contribution in [2.75, 3.05) is 19.8 Å². The van der Waals surface area contributed by atoms with Gasteiger partial charge >= 0.3 is 5.97 Å². The van der Waals surface area contributed by atoms with Crippen LogP contribution in [-0.2, 0) is 14.9 Å². The summed E-state index contributed by atoms with van der Waals surface area (Å²) in [5.74, 6) is 0.315. The van der Waals surface area contributed by atoms with Gasteiger partial charge in [-0.15, -0.1) is 0 Å². The number of rotatable bonds is 2. The van der Waals surface area contributed by atoms with E-state index in [-0.39, 0.29) is 12.0 Å². The van der Waals surface area contributed by atoms with Gasteiger partial charge in [-0.2, -0.15) is 0 Å². The van der Waals surface area contributed by atoms with Crippen molar-refractivity contribution in [3.8, 4) is 5.75 Å². The Labute approximate surface area is 105 Å². The molecular formula is C14H14O4. The number of carboxylic acid groups (broad SMARTS) is 1. The maximum Gasteiger partial charge on any atom is 0.318 e. The summed E-state index contributed by atoms with van der Waals surface area (Å²) >= 11 is 0. The molecule has 2 heterocycles. The fourth-order valence-electron chi connectivity index (χ4n) is 3.82. The van der Waals surface area contributed by atoms with Gasteiger partial charge in [-0.3, -0.25) is 4.79 Å². The van der Waals surface area contributed by atoms with Gasteiger partial charge in [0.1, 0.15) is 17.8 Å². The third-order valence-corrected chi connectivity index (χ3v) is 4.92. The normalized spacial score (nSPS) is 39.9. The zero-order valence-corrected chi connectivity index (χ0v) is 9.89. The maximum absolute atomic E-state index is 12.0. The maximum atomic E-state index is 12.0. The van der Waals surface area contributed by atoms with E-state index in [0.717, 1.165) is 12.0 Å². The van der Waals surface area contributed by atoms with Crippen LogP contribution >= 0.6 is 0 Å². The van der Waals surface area contributed by atoms with Crippen LogP contribution in [0.5, 0.6) is 5.75 Å². The summed E-state index contributed by atoms with van der Waals surface area (Å²) in [5.41, 5.74) is -0.332. The molecule has 3 atom stereocenters. The van der Waals surface area contributed by atoms with Gasteiger partial charge in [-0.05, 0) is 18.4 Å². The molecule has 0 aromatic heterocycles. The second-order valence-corrected chi connectivity index (χ2v) is 5.57. The van der Waals surface area contributed by atoms with Crippen LogP contribution in [0.15, 0.2) is 24.3 Å². The van der Waals surface area contributed by atoms with E-state index in [0.29, 0.717) is 24.9 Å². The molecule has 2 fully saturated rings. The lowest BCUT2D eigenvalue weighted by Gasteiger charge is -2.31. The number of carbonyl (C=O) groups is 1. The topological polar surface area (TPSA) is 55.8 Å². The fourth-order valence-corrected chi connectivity index (χ4v) is 3.82. The van der Waals surface area contributed by atoms with Crippen LogP contribution in [0.4, 0.5) is 0 Å². The average molecular weight is 246 g/mol. The van der Waals surface area contributed by atoms with Crippen LogP contribution in [-0.4, -0.2) is 30.9 Å². The quantitative estimate of drug-likeness (QED) is 0.857. The smallest absolute Gasteiger partial charge is 0.318 e. The number of hydrogen-bond acceptors (Lipinski definition) is 3. The average Bonchev–Trinajstić information content (AvgIpc) is 2.77. The number of para-hydroxylation sites is 1. The Bertz CT molecular complexity index is 540. The zero-order chi connectivity index (χ0) is 12.4. The molecule has 1 saturated heterocycles. The number of carboxylic acids is 1. The summed E-state index contributed by atoms with van der Waals surface area (Å²) in [5, 5.41) is 9.83. The molecule has 1 aromatic carbocycles. The Morgan fingerprint density at radius 3 is 2.83 bits per heavy atom. The first-order valence-electron chi connectivity index (χ1n) is 6.24. The van der Waals surface area contributed by atoms with Gasteiger partial charge in [-0.1, -0.05) is 18.2 Å². The number of fused-ring (bicyclic) bond motifs is 2. The lowest BCUT2D eigenvalue weighted by atomic mass is 9.68. The molecule has 1 aromatic rings. The molecule has 4 nitrogen and oxygen atoms in total. The Balaban J connectivity index is 1.92. The minimum atomic E-state index is -0.912. The third kappa shape index (κ3) is 0.950. The first-order valence-corrected chi connectivity index (χ1v) is 6.24. The Morgan fingerprint density at radius 1 is 1.33 bits per heavy atom. The highest BCUT2D eigenvalue weighted by Crippen LogP contribution is 2.69. The summed E-state index contributed by atoms with van der Waals surface area (Å²) in [7, 11) is 0. The minimum Gasteiger partial charge on any atom is -0.492 e. The van der Waals surface area contributed by atoms with Crippen LogP contribution in [0.2, 0.25) is 0 Å². The van der Waals surface area contributed by atoms with E-state index in [1.807, 2.05) is 24.3 Å². The Hall–Kier alpha value is -1.55. The molecular weight excluding hydrogens is 232 g/mol. The zero-order valence-electron chi connectivity index (χ0n) is 9.89. The molecule has 4 rings (SSSR count). The van der Waals surface area contributed by atoms with Crippen molar-refractivity contribution in [1.29, 1.82) is 0 Å². The molecule has 94 valence electrons. The number of benzene rings is 1. The molecule has 18 heavy (non-hydrogen) atoms. The molecule has 1 N–H and O–H groups in total. The highest BCUT2D eigenvalue weighted by molar-refractivity contribution is 5.86. The predicted molar refractivity (Wildman–Crippen MR) is 62.6 cm³/mol. The molecule has 0 spiro atoms. The van der Waals surface area contributed by atoms with Gasteiger partial charge < -0.3 is 14.6 Å². The van der Waals surface area contributed by atoms with Gasteiger partial charge in [0, 0.05) is 11.0 Å². The molecule has 1 unspecified atom stereocenters. The summed E-state index contributed by atoms with van der Waals surface area (Å²) in [4.78, 5) is 12.0. The highest BCUT2D eigenvalue weighted by atomic mass is 16.5. The Kier molecular flexibility index (Phi) is 1.77. The van der Waals surface area contributed by atoms with E-state index in [4.69, 9.17) is 9.47 Å². The number of ether oxygens (including phenoxy) is 2. The van der Waals surface area contributed by atoms with Crippen molar-refractivity contribution >= 4 is 5.97 Å². The summed E-state index contributed by atoms with van der Waals surface area (Å²) in [6, 6.07) is 7.50. The first kappa shape index (κ1) is 10.4. The molecule has 1 aliphatic carbocycles. The van der Waals surface area contributed by atoms with E-state index >= 15 is 0 Å². The van der Waals surface area contributed by atoms with Crippen molar-refractivity contribution in [2.24, 2.45) is 11.3 Å². The molecule has 0 radical (unpaired) electrons. The van der Waals surface area contributed by atoms with Gasteiger partial charge in [0.15, 0.2) is 0 Å². The molecule has 1 saturated carbocycles. The van der Waals surface area contributed by atoms with E-state index in [2.05, 4.69) is 0 Å². The van der Waals surface area contributed by atoms with Crippen molar-refractivity contribution in [3.63, 3.8) is 0 Å². The van der Waals surface area contributed by atoms with E-state index in [1.54, 1.807) is 0 Å². The van der Waals surface area contributed by atoms with Crippen LogP contribution in [0.1, 0.15) is 12.0 Å². The lowest BCUT2D eigenvalue weighted by molar-refractivity contribution is -0.148. The van der Waals surface area contributed by atoms with E-state index in [9.17, 15) is 9.90 Å². The molecule has 0 amide bonds.